The lowest BCUT2D eigenvalue weighted by atomic mass is 9.72. The largest absolute Gasteiger partial charge is 0.489 e. The molecule has 4 aromatic rings. The molecule has 32 heavy (non-hydrogen) atoms. The van der Waals surface area contributed by atoms with Gasteiger partial charge in [-0.05, 0) is 61.7 Å². The fourth-order valence-electron chi connectivity index (χ4n) is 4.41. The molecule has 0 bridgehead atoms. The van der Waals surface area contributed by atoms with Crippen LogP contribution < -0.4 is 10.3 Å². The highest BCUT2D eigenvalue weighted by molar-refractivity contribution is 5.78. The van der Waals surface area contributed by atoms with Crippen molar-refractivity contribution in [2.24, 2.45) is 7.05 Å². The Morgan fingerprint density at radius 2 is 1.91 bits per heavy atom. The summed E-state index contributed by atoms with van der Waals surface area (Å²) in [7, 11) is 1.97. The van der Waals surface area contributed by atoms with Crippen LogP contribution in [0.1, 0.15) is 37.1 Å². The molecular formula is C25H24FN3O3. The quantitative estimate of drug-likeness (QED) is 0.515. The van der Waals surface area contributed by atoms with Gasteiger partial charge in [-0.15, -0.1) is 0 Å². The normalized spacial score (nSPS) is 20.3. The molecule has 6 nitrogen and oxygen atoms in total. The minimum absolute atomic E-state index is 0.210. The molecule has 7 heteroatoms. The highest BCUT2D eigenvalue weighted by Crippen LogP contribution is 2.44. The lowest BCUT2D eigenvalue weighted by molar-refractivity contribution is -0.0339. The third-order valence-electron chi connectivity index (χ3n) is 6.12. The second-order valence-electron chi connectivity index (χ2n) is 8.79. The molecule has 0 unspecified atom stereocenters. The number of ether oxygens (including phenoxy) is 1. The van der Waals surface area contributed by atoms with E-state index in [0.29, 0.717) is 18.6 Å². The van der Waals surface area contributed by atoms with Crippen molar-refractivity contribution in [3.05, 3.63) is 88.4 Å². The van der Waals surface area contributed by atoms with E-state index in [2.05, 4.69) is 0 Å². The number of hydrogen-bond acceptors (Lipinski definition) is 4. The number of benzene rings is 2. The van der Waals surface area contributed by atoms with Gasteiger partial charge in [-0.2, -0.15) is 0 Å². The van der Waals surface area contributed by atoms with E-state index in [1.807, 2.05) is 36.7 Å². The number of nitrogens with zero attached hydrogens (tertiary/aromatic N) is 3. The van der Waals surface area contributed by atoms with Crippen LogP contribution in [0.3, 0.4) is 0 Å². The Balaban J connectivity index is 1.38. The van der Waals surface area contributed by atoms with Crippen LogP contribution in [0.5, 0.6) is 5.75 Å². The zero-order valence-electron chi connectivity index (χ0n) is 18.0. The van der Waals surface area contributed by atoms with Crippen LogP contribution in [-0.2, 0) is 13.7 Å². The third-order valence-corrected chi connectivity index (χ3v) is 6.12. The van der Waals surface area contributed by atoms with E-state index in [4.69, 9.17) is 9.72 Å². The summed E-state index contributed by atoms with van der Waals surface area (Å²) < 4.78 is 22.3. The molecule has 0 radical (unpaired) electrons. The molecule has 1 aliphatic rings. The van der Waals surface area contributed by atoms with Crippen LogP contribution in [0.2, 0.25) is 0 Å². The molecule has 1 aliphatic carbocycles. The van der Waals surface area contributed by atoms with Gasteiger partial charge in [0.1, 0.15) is 24.0 Å². The van der Waals surface area contributed by atoms with Crippen molar-refractivity contribution in [3.63, 3.8) is 0 Å². The number of fused-ring (bicyclic) bond motifs is 1. The Morgan fingerprint density at radius 3 is 2.59 bits per heavy atom. The van der Waals surface area contributed by atoms with Gasteiger partial charge in [0.15, 0.2) is 0 Å². The predicted octanol–water partition coefficient (Wildman–Crippen LogP) is 4.07. The fraction of sp³-hybridized carbons (Fsp3) is 0.280. The van der Waals surface area contributed by atoms with Gasteiger partial charge in [-0.3, -0.25) is 9.36 Å². The minimum Gasteiger partial charge on any atom is -0.489 e. The summed E-state index contributed by atoms with van der Waals surface area (Å²) in [6.45, 7) is 2.10. The van der Waals surface area contributed by atoms with Crippen LogP contribution in [0, 0.1) is 5.82 Å². The standard InChI is InChI=1S/C25H24FN3O3/c1-25(31)13-17(14-25)24-27-21-8-7-19(11-22(21)28(24)2)29-10-9-20(12-23(29)30)32-15-16-3-5-18(26)6-4-16/h3-12,17,31H,13-15H2,1-2H3. The topological polar surface area (TPSA) is 69.3 Å². The Hall–Kier alpha value is -3.45. The summed E-state index contributed by atoms with van der Waals surface area (Å²) >= 11 is 0. The SMILES string of the molecule is Cn1c(C2CC(C)(O)C2)nc2ccc(-n3ccc(OCc4ccc(F)cc4)cc3=O)cc21. The van der Waals surface area contributed by atoms with Gasteiger partial charge >= 0.3 is 0 Å². The minimum atomic E-state index is -0.609. The van der Waals surface area contributed by atoms with Gasteiger partial charge in [0.2, 0.25) is 0 Å². The van der Waals surface area contributed by atoms with E-state index >= 15 is 0 Å². The average molecular weight is 433 g/mol. The molecular weight excluding hydrogens is 409 g/mol. The summed E-state index contributed by atoms with van der Waals surface area (Å²) in [5.74, 6) is 1.36. The maximum absolute atomic E-state index is 13.0. The van der Waals surface area contributed by atoms with Gasteiger partial charge in [0.05, 0.1) is 22.3 Å². The maximum atomic E-state index is 13.0. The second-order valence-corrected chi connectivity index (χ2v) is 8.79. The predicted molar refractivity (Wildman–Crippen MR) is 120 cm³/mol. The molecule has 2 aromatic heterocycles. The van der Waals surface area contributed by atoms with E-state index < -0.39 is 5.60 Å². The summed E-state index contributed by atoms with van der Waals surface area (Å²) in [5.41, 5.74) is 2.54. The Bertz CT molecular complexity index is 1350. The van der Waals surface area contributed by atoms with Crippen molar-refractivity contribution in [1.29, 1.82) is 0 Å². The molecule has 5 rings (SSSR count). The van der Waals surface area contributed by atoms with Crippen molar-refractivity contribution >= 4 is 11.0 Å². The highest BCUT2D eigenvalue weighted by atomic mass is 19.1. The van der Waals surface area contributed by atoms with Gasteiger partial charge in [0.25, 0.3) is 5.56 Å². The van der Waals surface area contributed by atoms with Crippen LogP contribution in [0.15, 0.2) is 65.6 Å². The molecule has 0 amide bonds. The summed E-state index contributed by atoms with van der Waals surface area (Å²) in [6, 6.07) is 15.0. The van der Waals surface area contributed by atoms with Crippen molar-refractivity contribution in [1.82, 2.24) is 14.1 Å². The fourth-order valence-corrected chi connectivity index (χ4v) is 4.41. The lowest BCUT2D eigenvalue weighted by Gasteiger charge is -2.40. The van der Waals surface area contributed by atoms with E-state index in [9.17, 15) is 14.3 Å². The zero-order valence-corrected chi connectivity index (χ0v) is 18.0. The summed E-state index contributed by atoms with van der Waals surface area (Å²) in [6.07, 6.45) is 3.09. The Kier molecular flexibility index (Phi) is 4.86. The molecule has 0 saturated heterocycles. The number of aliphatic hydroxyl groups is 1. The number of hydrogen-bond donors (Lipinski definition) is 1. The van der Waals surface area contributed by atoms with E-state index in [-0.39, 0.29) is 23.9 Å². The van der Waals surface area contributed by atoms with Gasteiger partial charge in [-0.1, -0.05) is 12.1 Å². The molecule has 164 valence electrons. The van der Waals surface area contributed by atoms with Crippen LogP contribution in [0.25, 0.3) is 16.7 Å². The van der Waals surface area contributed by atoms with Crippen molar-refractivity contribution in [2.45, 2.75) is 37.9 Å². The van der Waals surface area contributed by atoms with Crippen molar-refractivity contribution in [2.75, 3.05) is 0 Å². The molecule has 0 atom stereocenters. The molecule has 1 saturated carbocycles. The number of aryl methyl sites for hydroxylation is 1. The van der Waals surface area contributed by atoms with Crippen LogP contribution >= 0.6 is 0 Å². The summed E-state index contributed by atoms with van der Waals surface area (Å²) in [4.78, 5) is 17.5. The number of imidazole rings is 1. The smallest absolute Gasteiger partial charge is 0.258 e. The number of halogens is 1. The van der Waals surface area contributed by atoms with Gasteiger partial charge in [-0.25, -0.2) is 9.37 Å². The first-order valence-corrected chi connectivity index (χ1v) is 10.6. The second kappa shape index (κ2) is 7.60. The number of aromatic nitrogens is 3. The summed E-state index contributed by atoms with van der Waals surface area (Å²) in [5, 5.41) is 10.1. The van der Waals surface area contributed by atoms with Crippen molar-refractivity contribution < 1.29 is 14.2 Å². The lowest BCUT2D eigenvalue weighted by Crippen LogP contribution is -2.40. The molecule has 1 N–H and O–H groups in total. The first-order chi connectivity index (χ1) is 15.3. The van der Waals surface area contributed by atoms with E-state index in [1.54, 1.807) is 29.0 Å². The highest BCUT2D eigenvalue weighted by Gasteiger charge is 2.41. The molecule has 2 aromatic carbocycles. The Labute approximate surface area is 184 Å². The van der Waals surface area contributed by atoms with Gasteiger partial charge in [0, 0.05) is 25.2 Å². The molecule has 1 fully saturated rings. The number of rotatable bonds is 5. The Morgan fingerprint density at radius 1 is 1.16 bits per heavy atom. The van der Waals surface area contributed by atoms with Crippen LogP contribution in [-0.4, -0.2) is 24.8 Å². The zero-order chi connectivity index (χ0) is 22.5. The van der Waals surface area contributed by atoms with Crippen LogP contribution in [0.4, 0.5) is 4.39 Å². The molecule has 0 spiro atoms. The average Bonchev–Trinajstić information content (AvgIpc) is 3.07. The maximum Gasteiger partial charge on any atom is 0.258 e. The van der Waals surface area contributed by atoms with E-state index in [0.717, 1.165) is 28.1 Å². The van der Waals surface area contributed by atoms with E-state index in [1.165, 1.54) is 18.2 Å². The monoisotopic (exact) mass is 433 g/mol. The molecule has 0 aliphatic heterocycles. The van der Waals surface area contributed by atoms with Gasteiger partial charge < -0.3 is 14.4 Å². The first-order valence-electron chi connectivity index (χ1n) is 10.6. The van der Waals surface area contributed by atoms with Crippen molar-refractivity contribution in [3.8, 4) is 11.4 Å². The number of pyridine rings is 1. The third kappa shape index (κ3) is 3.80. The molecule has 2 heterocycles. The first kappa shape index (κ1) is 20.5.